The third-order valence-corrected chi connectivity index (χ3v) is 2.99. The zero-order valence-corrected chi connectivity index (χ0v) is 10.5. The number of likely N-dealkylation sites (N-methyl/N-ethyl adjacent to an activating group) is 1. The van der Waals surface area contributed by atoms with E-state index in [1.807, 2.05) is 6.07 Å². The molecular weight excluding hydrogens is 248 g/mol. The predicted octanol–water partition coefficient (Wildman–Crippen LogP) is 2.45. The quantitative estimate of drug-likeness (QED) is 0.890. The molecule has 0 aliphatic heterocycles. The zero-order valence-electron chi connectivity index (χ0n) is 10.5. The number of halogens is 2. The lowest BCUT2D eigenvalue weighted by atomic mass is 9.99. The molecule has 1 atom stereocenters. The molecule has 0 radical (unpaired) electrons. The molecule has 0 bridgehead atoms. The van der Waals surface area contributed by atoms with Crippen LogP contribution in [0.3, 0.4) is 0 Å². The first-order chi connectivity index (χ1) is 9.10. The monoisotopic (exact) mass is 263 g/mol. The minimum Gasteiger partial charge on any atom is -0.383 e. The van der Waals surface area contributed by atoms with Crippen LogP contribution in [0.5, 0.6) is 0 Å². The lowest BCUT2D eigenvalue weighted by Gasteiger charge is -2.17. The van der Waals surface area contributed by atoms with Gasteiger partial charge >= 0.3 is 0 Å². The summed E-state index contributed by atoms with van der Waals surface area (Å²) >= 11 is 0. The summed E-state index contributed by atoms with van der Waals surface area (Å²) in [5.41, 5.74) is 7.16. The fraction of sp³-hybridized carbons (Fsp3) is 0.214. The molecule has 1 aromatic heterocycles. The Balaban J connectivity index is 2.28. The van der Waals surface area contributed by atoms with Gasteiger partial charge in [-0.15, -0.1) is 0 Å². The van der Waals surface area contributed by atoms with Gasteiger partial charge in [0.05, 0.1) is 0 Å². The Labute approximate surface area is 110 Å². The summed E-state index contributed by atoms with van der Waals surface area (Å²) in [5, 5.41) is 3.03. The number of hydrogen-bond acceptors (Lipinski definition) is 3. The molecule has 0 amide bonds. The van der Waals surface area contributed by atoms with Gasteiger partial charge in [0, 0.05) is 18.3 Å². The van der Waals surface area contributed by atoms with Gasteiger partial charge in [0.15, 0.2) is 0 Å². The van der Waals surface area contributed by atoms with E-state index in [2.05, 4.69) is 10.3 Å². The average molecular weight is 263 g/mol. The fourth-order valence-electron chi connectivity index (χ4n) is 2.01. The first-order valence-electron chi connectivity index (χ1n) is 5.92. The fourth-order valence-corrected chi connectivity index (χ4v) is 2.01. The Morgan fingerprint density at radius 3 is 2.53 bits per heavy atom. The number of hydrogen-bond donors (Lipinski definition) is 2. The smallest absolute Gasteiger partial charge is 0.126 e. The van der Waals surface area contributed by atoms with E-state index in [1.165, 1.54) is 12.1 Å². The van der Waals surface area contributed by atoms with Crippen LogP contribution in [0.15, 0.2) is 36.5 Å². The molecule has 3 N–H and O–H groups in total. The highest BCUT2D eigenvalue weighted by atomic mass is 19.1. The minimum atomic E-state index is -0.589. The SMILES string of the molecule is CNC(Cc1cccnc1N)c1cc(F)cc(F)c1. The Morgan fingerprint density at radius 1 is 1.26 bits per heavy atom. The van der Waals surface area contributed by atoms with Crippen molar-refractivity contribution in [2.45, 2.75) is 12.5 Å². The standard InChI is InChI=1S/C14H15F2N3/c1-18-13(7-9-3-2-4-19-14(9)17)10-5-11(15)8-12(16)6-10/h2-6,8,13,18H,7H2,1H3,(H2,17,19). The van der Waals surface area contributed by atoms with Gasteiger partial charge in [-0.3, -0.25) is 0 Å². The molecule has 1 heterocycles. The largest absolute Gasteiger partial charge is 0.383 e. The van der Waals surface area contributed by atoms with E-state index >= 15 is 0 Å². The number of nitrogens with one attached hydrogen (secondary N) is 1. The summed E-state index contributed by atoms with van der Waals surface area (Å²) in [6, 6.07) is 6.89. The summed E-state index contributed by atoms with van der Waals surface area (Å²) in [5.74, 6) is -0.747. The Kier molecular flexibility index (Phi) is 4.06. The number of rotatable bonds is 4. The van der Waals surface area contributed by atoms with Crippen molar-refractivity contribution < 1.29 is 8.78 Å². The maximum Gasteiger partial charge on any atom is 0.126 e. The molecular formula is C14H15F2N3. The van der Waals surface area contributed by atoms with Crippen LogP contribution < -0.4 is 11.1 Å². The maximum absolute atomic E-state index is 13.2. The number of nitrogens with zero attached hydrogens (tertiary/aromatic N) is 1. The van der Waals surface area contributed by atoms with Crippen LogP contribution >= 0.6 is 0 Å². The van der Waals surface area contributed by atoms with E-state index in [9.17, 15) is 8.78 Å². The molecule has 0 aliphatic carbocycles. The predicted molar refractivity (Wildman–Crippen MR) is 70.5 cm³/mol. The number of benzene rings is 1. The van der Waals surface area contributed by atoms with E-state index in [4.69, 9.17) is 5.73 Å². The highest BCUT2D eigenvalue weighted by Crippen LogP contribution is 2.22. The molecule has 100 valence electrons. The Morgan fingerprint density at radius 2 is 1.95 bits per heavy atom. The van der Waals surface area contributed by atoms with Crippen LogP contribution in [0.4, 0.5) is 14.6 Å². The van der Waals surface area contributed by atoms with E-state index in [-0.39, 0.29) is 6.04 Å². The van der Waals surface area contributed by atoms with Gasteiger partial charge in [-0.05, 0) is 42.8 Å². The summed E-state index contributed by atoms with van der Waals surface area (Å²) in [7, 11) is 1.74. The lowest BCUT2D eigenvalue weighted by molar-refractivity contribution is 0.551. The summed E-state index contributed by atoms with van der Waals surface area (Å²) in [6.07, 6.45) is 2.12. The number of anilines is 1. The molecule has 1 unspecified atom stereocenters. The van der Waals surface area contributed by atoms with Gasteiger partial charge in [0.25, 0.3) is 0 Å². The molecule has 0 aliphatic rings. The molecule has 0 spiro atoms. The van der Waals surface area contributed by atoms with Crippen molar-refractivity contribution in [1.82, 2.24) is 10.3 Å². The van der Waals surface area contributed by atoms with Gasteiger partial charge < -0.3 is 11.1 Å². The van der Waals surface area contributed by atoms with Gasteiger partial charge in [-0.2, -0.15) is 0 Å². The van der Waals surface area contributed by atoms with E-state index in [1.54, 1.807) is 19.3 Å². The topological polar surface area (TPSA) is 50.9 Å². The first-order valence-corrected chi connectivity index (χ1v) is 5.92. The van der Waals surface area contributed by atoms with Crippen LogP contribution in [0, 0.1) is 11.6 Å². The molecule has 0 saturated heterocycles. The molecule has 1 aromatic carbocycles. The van der Waals surface area contributed by atoms with Crippen LogP contribution in [-0.2, 0) is 6.42 Å². The molecule has 19 heavy (non-hydrogen) atoms. The van der Waals surface area contributed by atoms with Crippen molar-refractivity contribution in [2.24, 2.45) is 0 Å². The molecule has 0 saturated carbocycles. The minimum absolute atomic E-state index is 0.225. The zero-order chi connectivity index (χ0) is 13.8. The third kappa shape index (κ3) is 3.26. The number of pyridine rings is 1. The van der Waals surface area contributed by atoms with Crippen molar-refractivity contribution >= 4 is 5.82 Å². The van der Waals surface area contributed by atoms with Crippen molar-refractivity contribution in [2.75, 3.05) is 12.8 Å². The van der Waals surface area contributed by atoms with Crippen molar-refractivity contribution in [3.05, 3.63) is 59.3 Å². The summed E-state index contributed by atoms with van der Waals surface area (Å²) in [6.45, 7) is 0. The molecule has 0 fully saturated rings. The van der Waals surface area contributed by atoms with E-state index in [0.717, 1.165) is 11.6 Å². The molecule has 5 heteroatoms. The second kappa shape index (κ2) is 5.75. The first kappa shape index (κ1) is 13.4. The lowest BCUT2D eigenvalue weighted by Crippen LogP contribution is -2.20. The second-order valence-corrected chi connectivity index (χ2v) is 4.30. The van der Waals surface area contributed by atoms with Gasteiger partial charge in [0.2, 0.25) is 0 Å². The second-order valence-electron chi connectivity index (χ2n) is 4.30. The Bertz CT molecular complexity index is 552. The average Bonchev–Trinajstić information content (AvgIpc) is 2.36. The van der Waals surface area contributed by atoms with Crippen molar-refractivity contribution in [3.8, 4) is 0 Å². The van der Waals surface area contributed by atoms with Crippen molar-refractivity contribution in [3.63, 3.8) is 0 Å². The van der Waals surface area contributed by atoms with Crippen molar-refractivity contribution in [1.29, 1.82) is 0 Å². The molecule has 2 rings (SSSR count). The number of nitrogen functional groups attached to an aromatic ring is 1. The van der Waals surface area contributed by atoms with Gasteiger partial charge in [0.1, 0.15) is 17.5 Å². The van der Waals surface area contributed by atoms with Gasteiger partial charge in [-0.25, -0.2) is 13.8 Å². The highest BCUT2D eigenvalue weighted by molar-refractivity contribution is 5.40. The Hall–Kier alpha value is -2.01. The van der Waals surface area contributed by atoms with Crippen LogP contribution in [0.2, 0.25) is 0 Å². The highest BCUT2D eigenvalue weighted by Gasteiger charge is 2.14. The summed E-state index contributed by atoms with van der Waals surface area (Å²) < 4.78 is 26.5. The van der Waals surface area contributed by atoms with E-state index < -0.39 is 11.6 Å². The van der Waals surface area contributed by atoms with E-state index in [0.29, 0.717) is 17.8 Å². The summed E-state index contributed by atoms with van der Waals surface area (Å²) in [4.78, 5) is 4.00. The van der Waals surface area contributed by atoms with Crippen LogP contribution in [-0.4, -0.2) is 12.0 Å². The van der Waals surface area contributed by atoms with Crippen LogP contribution in [0.1, 0.15) is 17.2 Å². The normalized spacial score (nSPS) is 12.4. The maximum atomic E-state index is 13.2. The number of nitrogens with two attached hydrogens (primary N) is 1. The number of aromatic nitrogens is 1. The van der Waals surface area contributed by atoms with Crippen LogP contribution in [0.25, 0.3) is 0 Å². The molecule has 2 aromatic rings. The third-order valence-electron chi connectivity index (χ3n) is 2.99. The molecule has 3 nitrogen and oxygen atoms in total. The van der Waals surface area contributed by atoms with Gasteiger partial charge in [-0.1, -0.05) is 6.07 Å².